The molecule has 5 nitrogen and oxygen atoms in total. The number of rotatable bonds is 4. The van der Waals surface area contributed by atoms with Crippen LogP contribution >= 0.6 is 35.0 Å². The summed E-state index contributed by atoms with van der Waals surface area (Å²) >= 11 is 13.3. The summed E-state index contributed by atoms with van der Waals surface area (Å²) in [4.78, 5) is 4.00. The van der Waals surface area contributed by atoms with Crippen LogP contribution in [0.25, 0.3) is 0 Å². The van der Waals surface area contributed by atoms with E-state index in [1.165, 1.54) is 11.8 Å². The maximum Gasteiger partial charge on any atom is 0.222 e. The van der Waals surface area contributed by atoms with Crippen molar-refractivity contribution in [1.82, 2.24) is 19.7 Å². The number of halogens is 2. The van der Waals surface area contributed by atoms with Crippen molar-refractivity contribution in [2.75, 3.05) is 5.73 Å². The SMILES string of the molecule is CC(C)n1c(N)nnc1SCc1ccc(Cl)nc1Cl. The molecule has 0 spiro atoms. The van der Waals surface area contributed by atoms with Crippen molar-refractivity contribution < 1.29 is 0 Å². The number of nitrogen functional groups attached to an aromatic ring is 1. The van der Waals surface area contributed by atoms with Crippen LogP contribution in [0.5, 0.6) is 0 Å². The molecule has 2 aromatic rings. The standard InChI is InChI=1S/C11H13Cl2N5S/c1-6(2)18-10(14)16-17-11(18)19-5-7-3-4-8(12)15-9(7)13/h3-4,6H,5H2,1-2H3,(H2,14,16). The Hall–Kier alpha value is -0.980. The lowest BCUT2D eigenvalue weighted by atomic mass is 10.3. The van der Waals surface area contributed by atoms with Crippen LogP contribution in [-0.2, 0) is 5.75 Å². The monoisotopic (exact) mass is 317 g/mol. The minimum absolute atomic E-state index is 0.205. The van der Waals surface area contributed by atoms with Crippen LogP contribution in [0.15, 0.2) is 17.3 Å². The first kappa shape index (κ1) is 14.4. The third-order valence-corrected chi connectivity index (χ3v) is 3.99. The van der Waals surface area contributed by atoms with Crippen molar-refractivity contribution in [2.24, 2.45) is 0 Å². The smallest absolute Gasteiger partial charge is 0.222 e. The number of pyridine rings is 1. The van der Waals surface area contributed by atoms with Crippen LogP contribution in [0.1, 0.15) is 25.5 Å². The highest BCUT2D eigenvalue weighted by molar-refractivity contribution is 7.98. The van der Waals surface area contributed by atoms with Gasteiger partial charge in [0.2, 0.25) is 5.95 Å². The fourth-order valence-corrected chi connectivity index (χ4v) is 3.11. The molecule has 8 heteroatoms. The van der Waals surface area contributed by atoms with Crippen molar-refractivity contribution in [3.63, 3.8) is 0 Å². The Bertz CT molecular complexity index is 584. The van der Waals surface area contributed by atoms with Gasteiger partial charge >= 0.3 is 0 Å². The number of hydrogen-bond acceptors (Lipinski definition) is 5. The molecule has 0 aromatic carbocycles. The lowest BCUT2D eigenvalue weighted by Crippen LogP contribution is -2.07. The summed E-state index contributed by atoms with van der Waals surface area (Å²) < 4.78 is 1.88. The maximum absolute atomic E-state index is 6.03. The molecule has 0 saturated heterocycles. The highest BCUT2D eigenvalue weighted by Gasteiger charge is 2.13. The first-order valence-electron chi connectivity index (χ1n) is 5.63. The van der Waals surface area contributed by atoms with Crippen LogP contribution in [0.4, 0.5) is 5.95 Å². The molecule has 0 aliphatic rings. The first-order chi connectivity index (χ1) is 8.99. The van der Waals surface area contributed by atoms with E-state index in [1.54, 1.807) is 6.07 Å². The highest BCUT2D eigenvalue weighted by Crippen LogP contribution is 2.28. The summed E-state index contributed by atoms with van der Waals surface area (Å²) in [5.74, 6) is 1.05. The second-order valence-electron chi connectivity index (χ2n) is 4.18. The molecular weight excluding hydrogens is 305 g/mol. The lowest BCUT2D eigenvalue weighted by Gasteiger charge is -2.11. The van der Waals surface area contributed by atoms with Crippen molar-refractivity contribution in [3.05, 3.63) is 28.0 Å². The van der Waals surface area contributed by atoms with Gasteiger partial charge in [0.05, 0.1) is 0 Å². The molecule has 0 aliphatic carbocycles. The molecular formula is C11H13Cl2N5S. The van der Waals surface area contributed by atoms with Gasteiger partial charge < -0.3 is 5.73 Å². The lowest BCUT2D eigenvalue weighted by molar-refractivity contribution is 0.557. The third-order valence-electron chi connectivity index (χ3n) is 2.46. The third kappa shape index (κ3) is 3.32. The molecule has 2 N–H and O–H groups in total. The molecule has 19 heavy (non-hydrogen) atoms. The summed E-state index contributed by atoms with van der Waals surface area (Å²) in [6.07, 6.45) is 0. The molecule has 102 valence electrons. The predicted molar refractivity (Wildman–Crippen MR) is 78.6 cm³/mol. The molecule has 0 bridgehead atoms. The van der Waals surface area contributed by atoms with E-state index in [2.05, 4.69) is 15.2 Å². The Morgan fingerprint density at radius 2 is 2.05 bits per heavy atom. The predicted octanol–water partition coefficient (Wildman–Crippen LogP) is 3.44. The normalized spacial score (nSPS) is 11.2. The molecule has 2 heterocycles. The van der Waals surface area contributed by atoms with Gasteiger partial charge in [-0.15, -0.1) is 10.2 Å². The fourth-order valence-electron chi connectivity index (χ4n) is 1.56. The summed E-state index contributed by atoms with van der Waals surface area (Å²) in [5, 5.41) is 9.50. The number of anilines is 1. The van der Waals surface area contributed by atoms with Crippen LogP contribution < -0.4 is 5.73 Å². The van der Waals surface area contributed by atoms with Crippen molar-refractivity contribution in [2.45, 2.75) is 30.8 Å². The molecule has 0 radical (unpaired) electrons. The van der Waals surface area contributed by atoms with Gasteiger partial charge in [-0.1, -0.05) is 41.0 Å². The largest absolute Gasteiger partial charge is 0.368 e. The minimum Gasteiger partial charge on any atom is -0.368 e. The Balaban J connectivity index is 2.15. The molecule has 2 aromatic heterocycles. The number of thioether (sulfide) groups is 1. The zero-order chi connectivity index (χ0) is 14.0. The van der Waals surface area contributed by atoms with Gasteiger partial charge in [-0.3, -0.25) is 4.57 Å². The van der Waals surface area contributed by atoms with Crippen molar-refractivity contribution >= 4 is 40.9 Å². The molecule has 0 amide bonds. The number of aromatic nitrogens is 4. The van der Waals surface area contributed by atoms with Crippen molar-refractivity contribution in [3.8, 4) is 0 Å². The minimum atomic E-state index is 0.205. The number of nitrogens with two attached hydrogens (primary N) is 1. The van der Waals surface area contributed by atoms with E-state index in [-0.39, 0.29) is 6.04 Å². The Kier molecular flexibility index (Phi) is 4.54. The topological polar surface area (TPSA) is 69.6 Å². The van der Waals surface area contributed by atoms with Gasteiger partial charge in [0.25, 0.3) is 0 Å². The summed E-state index contributed by atoms with van der Waals surface area (Å²) in [5.41, 5.74) is 6.68. The van der Waals surface area contributed by atoms with Gasteiger partial charge in [0, 0.05) is 11.8 Å². The van der Waals surface area contributed by atoms with Gasteiger partial charge in [-0.25, -0.2) is 4.98 Å². The van der Waals surface area contributed by atoms with E-state index in [9.17, 15) is 0 Å². The fraction of sp³-hybridized carbons (Fsp3) is 0.364. The van der Waals surface area contributed by atoms with Gasteiger partial charge in [0.1, 0.15) is 10.3 Å². The summed E-state index contributed by atoms with van der Waals surface area (Å²) in [6, 6.07) is 3.77. The number of hydrogen-bond donors (Lipinski definition) is 1. The molecule has 0 unspecified atom stereocenters. The quantitative estimate of drug-likeness (QED) is 0.691. The second kappa shape index (κ2) is 5.98. The Morgan fingerprint density at radius 1 is 1.32 bits per heavy atom. The van der Waals surface area contributed by atoms with Crippen LogP contribution in [-0.4, -0.2) is 19.7 Å². The second-order valence-corrected chi connectivity index (χ2v) is 5.86. The van der Waals surface area contributed by atoms with Crippen LogP contribution in [0.2, 0.25) is 10.3 Å². The highest BCUT2D eigenvalue weighted by atomic mass is 35.5. The zero-order valence-electron chi connectivity index (χ0n) is 10.5. The zero-order valence-corrected chi connectivity index (χ0v) is 12.8. The number of nitrogens with zero attached hydrogens (tertiary/aromatic N) is 4. The Morgan fingerprint density at radius 3 is 2.68 bits per heavy atom. The average Bonchev–Trinajstić information content (AvgIpc) is 2.69. The molecule has 0 saturated carbocycles. The van der Waals surface area contributed by atoms with Crippen molar-refractivity contribution in [1.29, 1.82) is 0 Å². The molecule has 2 rings (SSSR count). The van der Waals surface area contributed by atoms with Crippen LogP contribution in [0.3, 0.4) is 0 Å². The molecule has 0 aliphatic heterocycles. The average molecular weight is 318 g/mol. The van der Waals surface area contributed by atoms with E-state index in [0.717, 1.165) is 10.7 Å². The van der Waals surface area contributed by atoms with E-state index < -0.39 is 0 Å². The van der Waals surface area contributed by atoms with E-state index >= 15 is 0 Å². The Labute approximate surface area is 125 Å². The van der Waals surface area contributed by atoms with Gasteiger partial charge in [-0.05, 0) is 25.5 Å². The van der Waals surface area contributed by atoms with E-state index in [0.29, 0.717) is 22.0 Å². The molecule has 0 atom stereocenters. The van der Waals surface area contributed by atoms with E-state index in [4.69, 9.17) is 28.9 Å². The van der Waals surface area contributed by atoms with Crippen LogP contribution in [0, 0.1) is 0 Å². The first-order valence-corrected chi connectivity index (χ1v) is 7.37. The summed E-state index contributed by atoms with van der Waals surface area (Å²) in [6.45, 7) is 4.06. The van der Waals surface area contributed by atoms with Gasteiger partial charge in [0.15, 0.2) is 5.16 Å². The molecule has 0 fully saturated rings. The summed E-state index contributed by atoms with van der Waals surface area (Å²) in [7, 11) is 0. The van der Waals surface area contributed by atoms with Gasteiger partial charge in [-0.2, -0.15) is 0 Å². The maximum atomic E-state index is 6.03. The van der Waals surface area contributed by atoms with E-state index in [1.807, 2.05) is 24.5 Å².